The summed E-state index contributed by atoms with van der Waals surface area (Å²) in [5.41, 5.74) is 0.138. The summed E-state index contributed by atoms with van der Waals surface area (Å²) in [5, 5.41) is 18.4. The van der Waals surface area contributed by atoms with E-state index in [0.717, 1.165) is 0 Å². The van der Waals surface area contributed by atoms with Crippen LogP contribution in [0.25, 0.3) is 0 Å². The molecule has 1 amide bonds. The third-order valence-electron chi connectivity index (χ3n) is 2.04. The summed E-state index contributed by atoms with van der Waals surface area (Å²) in [4.78, 5) is 22.2. The maximum Gasteiger partial charge on any atom is 0.331 e. The van der Waals surface area contributed by atoms with Gasteiger partial charge in [0.2, 0.25) is 0 Å². The number of nitrogens with one attached hydrogen (secondary N) is 1. The Morgan fingerprint density at radius 2 is 2.00 bits per heavy atom. The predicted octanol–water partition coefficient (Wildman–Crippen LogP) is 0.836. The summed E-state index contributed by atoms with van der Waals surface area (Å²) < 4.78 is 0. The smallest absolute Gasteiger partial charge is 0.331 e. The van der Waals surface area contributed by atoms with Crippen LogP contribution in [-0.2, 0) is 9.59 Å². The van der Waals surface area contributed by atoms with Crippen LogP contribution in [0, 0.1) is 0 Å². The molecule has 0 radical (unpaired) electrons. The molecule has 0 saturated heterocycles. The van der Waals surface area contributed by atoms with Crippen LogP contribution in [0.5, 0.6) is 0 Å². The first-order valence-corrected chi connectivity index (χ1v) is 4.52. The van der Waals surface area contributed by atoms with Crippen LogP contribution in [0.3, 0.4) is 0 Å². The molecule has 84 valence electrons. The van der Waals surface area contributed by atoms with Crippen LogP contribution in [-0.4, -0.2) is 27.2 Å². The molecule has 0 aliphatic carbocycles. The van der Waals surface area contributed by atoms with Gasteiger partial charge >= 0.3 is 5.97 Å². The maximum atomic E-state index is 11.6. The summed E-state index contributed by atoms with van der Waals surface area (Å²) >= 11 is 0. The number of aromatic nitrogens is 2. The third kappa shape index (κ3) is 2.88. The van der Waals surface area contributed by atoms with E-state index in [4.69, 9.17) is 5.11 Å². The molecule has 6 heteroatoms. The van der Waals surface area contributed by atoms with Gasteiger partial charge in [0, 0.05) is 17.3 Å². The average Bonchev–Trinajstić information content (AvgIpc) is 2.28. The third-order valence-corrected chi connectivity index (χ3v) is 2.04. The second-order valence-electron chi connectivity index (χ2n) is 3.12. The molecule has 0 aromatic carbocycles. The van der Waals surface area contributed by atoms with Crippen molar-refractivity contribution in [3.8, 4) is 0 Å². The lowest BCUT2D eigenvalue weighted by atomic mass is 10.1. The zero-order chi connectivity index (χ0) is 12.1. The van der Waals surface area contributed by atoms with Crippen molar-refractivity contribution in [1.82, 2.24) is 10.2 Å². The highest BCUT2D eigenvalue weighted by molar-refractivity contribution is 6.07. The monoisotopic (exact) mass is 221 g/mol. The highest BCUT2D eigenvalue weighted by Gasteiger charge is 2.12. The standard InChI is InChI=1S/C10H11N3O3/c1-6(7(2)10(15)16)9(14)12-8-4-3-5-11-13-8/h3-5H,1-2H3,(H,15,16)(H,12,13,14)/b7-6+. The molecule has 0 bridgehead atoms. The van der Waals surface area contributed by atoms with Crippen molar-refractivity contribution in [2.24, 2.45) is 0 Å². The Kier molecular flexibility index (Phi) is 3.71. The molecule has 1 aromatic heterocycles. The molecule has 0 spiro atoms. The summed E-state index contributed by atoms with van der Waals surface area (Å²) in [6.45, 7) is 2.81. The number of carbonyl (C=O) groups is 2. The fourth-order valence-corrected chi connectivity index (χ4v) is 0.909. The molecule has 16 heavy (non-hydrogen) atoms. The topological polar surface area (TPSA) is 92.2 Å². The minimum atomic E-state index is -1.12. The SMILES string of the molecule is C/C(C(=O)O)=C(/C)C(=O)Nc1cccnn1. The number of aliphatic carboxylic acids is 1. The first-order valence-electron chi connectivity index (χ1n) is 4.52. The van der Waals surface area contributed by atoms with Crippen molar-refractivity contribution < 1.29 is 14.7 Å². The van der Waals surface area contributed by atoms with E-state index >= 15 is 0 Å². The van der Waals surface area contributed by atoms with Gasteiger partial charge in [-0.25, -0.2) is 4.79 Å². The van der Waals surface area contributed by atoms with Gasteiger partial charge in [0.15, 0.2) is 5.82 Å². The fourth-order valence-electron chi connectivity index (χ4n) is 0.909. The molecule has 1 rings (SSSR count). The minimum absolute atomic E-state index is 0.00129. The molecule has 0 saturated carbocycles. The number of anilines is 1. The van der Waals surface area contributed by atoms with Gasteiger partial charge in [-0.15, -0.1) is 5.10 Å². The quantitative estimate of drug-likeness (QED) is 0.738. The van der Waals surface area contributed by atoms with E-state index in [2.05, 4.69) is 15.5 Å². The zero-order valence-corrected chi connectivity index (χ0v) is 8.89. The first-order chi connectivity index (χ1) is 7.52. The Balaban J connectivity index is 2.82. The van der Waals surface area contributed by atoms with Gasteiger partial charge in [-0.05, 0) is 26.0 Å². The van der Waals surface area contributed by atoms with E-state index in [1.165, 1.54) is 20.0 Å². The van der Waals surface area contributed by atoms with Gasteiger partial charge in [-0.1, -0.05) is 0 Å². The van der Waals surface area contributed by atoms with Crippen molar-refractivity contribution in [2.75, 3.05) is 5.32 Å². The summed E-state index contributed by atoms with van der Waals surface area (Å²) in [7, 11) is 0. The second-order valence-corrected chi connectivity index (χ2v) is 3.12. The number of hydrogen-bond acceptors (Lipinski definition) is 4. The van der Waals surface area contributed by atoms with Crippen molar-refractivity contribution in [3.05, 3.63) is 29.5 Å². The van der Waals surface area contributed by atoms with Gasteiger partial charge < -0.3 is 10.4 Å². The number of amides is 1. The lowest BCUT2D eigenvalue weighted by Gasteiger charge is -2.04. The summed E-state index contributed by atoms with van der Waals surface area (Å²) in [6, 6.07) is 3.18. The Labute approximate surface area is 92.0 Å². The van der Waals surface area contributed by atoms with Crippen LogP contribution in [0.2, 0.25) is 0 Å². The van der Waals surface area contributed by atoms with Crippen molar-refractivity contribution in [1.29, 1.82) is 0 Å². The van der Waals surface area contributed by atoms with Gasteiger partial charge in [0.25, 0.3) is 5.91 Å². The number of rotatable bonds is 3. The Bertz CT molecular complexity index is 440. The van der Waals surface area contributed by atoms with E-state index in [0.29, 0.717) is 0 Å². The molecule has 2 N–H and O–H groups in total. The van der Waals surface area contributed by atoms with Crippen LogP contribution < -0.4 is 5.32 Å². The number of nitrogens with zero attached hydrogens (tertiary/aromatic N) is 2. The lowest BCUT2D eigenvalue weighted by molar-refractivity contribution is -0.133. The normalized spacial score (nSPS) is 11.6. The molecule has 6 nitrogen and oxygen atoms in total. The molecule has 1 heterocycles. The van der Waals surface area contributed by atoms with Crippen molar-refractivity contribution in [3.63, 3.8) is 0 Å². The minimum Gasteiger partial charge on any atom is -0.478 e. The predicted molar refractivity (Wildman–Crippen MR) is 56.7 cm³/mol. The van der Waals surface area contributed by atoms with E-state index in [-0.39, 0.29) is 17.0 Å². The van der Waals surface area contributed by atoms with Crippen molar-refractivity contribution >= 4 is 17.7 Å². The molecule has 0 aliphatic rings. The fraction of sp³-hybridized carbons (Fsp3) is 0.200. The summed E-state index contributed by atoms with van der Waals surface area (Å²) in [5.74, 6) is -1.34. The van der Waals surface area contributed by atoms with Crippen LogP contribution in [0.1, 0.15) is 13.8 Å². The Morgan fingerprint density at radius 1 is 1.31 bits per heavy atom. The van der Waals surface area contributed by atoms with Crippen LogP contribution in [0.15, 0.2) is 29.5 Å². The molecular weight excluding hydrogens is 210 g/mol. The number of carbonyl (C=O) groups excluding carboxylic acids is 1. The molecular formula is C10H11N3O3. The van der Waals surface area contributed by atoms with E-state index in [1.54, 1.807) is 12.1 Å². The number of hydrogen-bond donors (Lipinski definition) is 2. The number of carboxylic acids is 1. The van der Waals surface area contributed by atoms with Crippen molar-refractivity contribution in [2.45, 2.75) is 13.8 Å². The zero-order valence-electron chi connectivity index (χ0n) is 8.89. The van der Waals surface area contributed by atoms with E-state index < -0.39 is 11.9 Å². The summed E-state index contributed by atoms with van der Waals surface area (Å²) in [6.07, 6.45) is 1.47. The van der Waals surface area contributed by atoms with Gasteiger partial charge in [-0.3, -0.25) is 4.79 Å². The van der Waals surface area contributed by atoms with E-state index in [1.807, 2.05) is 0 Å². The largest absolute Gasteiger partial charge is 0.478 e. The van der Waals surface area contributed by atoms with Crippen LogP contribution in [0.4, 0.5) is 5.82 Å². The molecule has 0 aliphatic heterocycles. The second kappa shape index (κ2) is 5.01. The molecule has 0 atom stereocenters. The highest BCUT2D eigenvalue weighted by atomic mass is 16.4. The number of carboxylic acid groups (broad SMARTS) is 1. The Morgan fingerprint density at radius 3 is 2.50 bits per heavy atom. The maximum absolute atomic E-state index is 11.6. The Hall–Kier alpha value is -2.24. The lowest BCUT2D eigenvalue weighted by Crippen LogP contribution is -2.17. The van der Waals surface area contributed by atoms with Gasteiger partial charge in [0.1, 0.15) is 0 Å². The van der Waals surface area contributed by atoms with Gasteiger partial charge in [0.05, 0.1) is 0 Å². The van der Waals surface area contributed by atoms with Gasteiger partial charge in [-0.2, -0.15) is 5.10 Å². The highest BCUT2D eigenvalue weighted by Crippen LogP contribution is 2.07. The molecule has 0 fully saturated rings. The van der Waals surface area contributed by atoms with E-state index in [9.17, 15) is 9.59 Å². The average molecular weight is 221 g/mol. The first kappa shape index (κ1) is 11.8. The van der Waals surface area contributed by atoms with Crippen LogP contribution >= 0.6 is 0 Å². The molecule has 0 unspecified atom stereocenters. The molecule has 1 aromatic rings.